The van der Waals surface area contributed by atoms with Crippen molar-refractivity contribution in [1.29, 1.82) is 0 Å². The molecule has 168 valence electrons. The van der Waals surface area contributed by atoms with Gasteiger partial charge in [-0.25, -0.2) is 0 Å². The molecule has 1 aromatic carbocycles. The third-order valence-corrected chi connectivity index (χ3v) is 5.80. The smallest absolute Gasteiger partial charge is 0.303 e. The summed E-state index contributed by atoms with van der Waals surface area (Å²) in [6.45, 7) is 14.1. The average Bonchev–Trinajstić information content (AvgIpc) is 2.68. The van der Waals surface area contributed by atoms with Gasteiger partial charge in [0.2, 0.25) is 0 Å². The van der Waals surface area contributed by atoms with E-state index in [1.165, 1.54) is 0 Å². The van der Waals surface area contributed by atoms with Crippen LogP contribution in [0.2, 0.25) is 0 Å². The first-order chi connectivity index (χ1) is 14.5. The van der Waals surface area contributed by atoms with Crippen molar-refractivity contribution < 1.29 is 24.9 Å². The van der Waals surface area contributed by atoms with E-state index < -0.39 is 11.6 Å². The normalized spacial score (nSPS) is 14.6. The summed E-state index contributed by atoms with van der Waals surface area (Å²) in [7, 11) is 0. The molecule has 1 aliphatic carbocycles. The van der Waals surface area contributed by atoms with Crippen LogP contribution in [-0.4, -0.2) is 39.3 Å². The van der Waals surface area contributed by atoms with Gasteiger partial charge in [-0.05, 0) is 79.5 Å². The molecule has 0 aliphatic heterocycles. The quantitative estimate of drug-likeness (QED) is 0.334. The van der Waals surface area contributed by atoms with Crippen LogP contribution in [0.3, 0.4) is 0 Å². The number of carboxylic acids is 1. The van der Waals surface area contributed by atoms with Gasteiger partial charge in [-0.15, -0.1) is 0 Å². The van der Waals surface area contributed by atoms with E-state index in [1.807, 2.05) is 13.0 Å². The van der Waals surface area contributed by atoms with Crippen LogP contribution in [0, 0.1) is 5.92 Å². The van der Waals surface area contributed by atoms with E-state index >= 15 is 0 Å². The van der Waals surface area contributed by atoms with Crippen LogP contribution in [0.1, 0.15) is 57.6 Å². The van der Waals surface area contributed by atoms with Gasteiger partial charge in [0.05, 0.1) is 5.60 Å². The van der Waals surface area contributed by atoms with Crippen molar-refractivity contribution in [3.63, 3.8) is 0 Å². The molecule has 0 fully saturated rings. The highest BCUT2D eigenvalue weighted by molar-refractivity contribution is 6.02. The summed E-state index contributed by atoms with van der Waals surface area (Å²) < 4.78 is 0. The third kappa shape index (κ3) is 5.85. The highest BCUT2D eigenvalue weighted by atomic mass is 16.4. The third-order valence-electron chi connectivity index (χ3n) is 5.80. The first kappa shape index (κ1) is 24.4. The van der Waals surface area contributed by atoms with Gasteiger partial charge >= 0.3 is 5.97 Å². The molecular formula is C25H33NO5. The summed E-state index contributed by atoms with van der Waals surface area (Å²) >= 11 is 0. The van der Waals surface area contributed by atoms with E-state index in [2.05, 4.69) is 18.5 Å². The van der Waals surface area contributed by atoms with E-state index in [-0.39, 0.29) is 30.5 Å². The van der Waals surface area contributed by atoms with Crippen molar-refractivity contribution in [2.24, 2.45) is 5.92 Å². The number of rotatable bonds is 10. The monoisotopic (exact) mass is 427 g/mol. The number of carbonyl (C=O) groups is 2. The number of aromatic hydroxyl groups is 1. The van der Waals surface area contributed by atoms with Crippen molar-refractivity contribution in [3.05, 3.63) is 59.2 Å². The predicted molar refractivity (Wildman–Crippen MR) is 122 cm³/mol. The molecule has 0 radical (unpaired) electrons. The Kier molecular flexibility index (Phi) is 7.85. The van der Waals surface area contributed by atoms with Crippen LogP contribution >= 0.6 is 0 Å². The molecule has 1 unspecified atom stereocenters. The zero-order valence-corrected chi connectivity index (χ0v) is 18.6. The molecule has 0 aromatic heterocycles. The van der Waals surface area contributed by atoms with E-state index in [4.69, 9.17) is 5.11 Å². The minimum absolute atomic E-state index is 0.0157. The maximum absolute atomic E-state index is 12.7. The second-order valence-electron chi connectivity index (χ2n) is 8.57. The highest BCUT2D eigenvalue weighted by Crippen LogP contribution is 2.44. The van der Waals surface area contributed by atoms with Gasteiger partial charge < -0.3 is 20.6 Å². The number of aliphatic carboxylic acids is 1. The Morgan fingerprint density at radius 3 is 2.48 bits per heavy atom. The first-order valence-corrected chi connectivity index (χ1v) is 10.6. The lowest BCUT2D eigenvalue weighted by Crippen LogP contribution is -2.33. The van der Waals surface area contributed by atoms with Gasteiger partial charge in [-0.2, -0.15) is 0 Å². The van der Waals surface area contributed by atoms with Crippen molar-refractivity contribution in [2.45, 2.75) is 58.5 Å². The number of fused-ring (bicyclic) bond motifs is 1. The van der Waals surface area contributed by atoms with Gasteiger partial charge in [0.1, 0.15) is 5.75 Å². The number of carbonyl (C=O) groups excluding carboxylic acids is 1. The number of allylic oxidation sites excluding steroid dienone is 1. The molecular weight excluding hydrogens is 394 g/mol. The molecule has 1 aromatic rings. The van der Waals surface area contributed by atoms with Gasteiger partial charge in [-0.3, -0.25) is 9.59 Å². The minimum Gasteiger partial charge on any atom is -0.508 e. The van der Waals surface area contributed by atoms with Crippen molar-refractivity contribution >= 4 is 17.4 Å². The maximum Gasteiger partial charge on any atom is 0.303 e. The zero-order chi connectivity index (χ0) is 23.3. The molecule has 6 heteroatoms. The standard InChI is InChI=1S/C25H33NO5/c1-6-21(25(4,5)31)16(3)23-19(11-9-17-14-18(27)10-12-20(17)23)15(2)24(30)26-13-7-8-22(28)29/h10,12,14,21,27,31H,2-3,6-9,11,13H2,1,4-5H3,(H,26,30)(H,28,29). The van der Waals surface area contributed by atoms with E-state index in [0.29, 0.717) is 31.3 Å². The topological polar surface area (TPSA) is 107 Å². The number of hydrogen-bond acceptors (Lipinski definition) is 4. The lowest BCUT2D eigenvalue weighted by molar-refractivity contribution is -0.137. The molecule has 2 rings (SSSR count). The number of aryl methyl sites for hydroxylation is 1. The largest absolute Gasteiger partial charge is 0.508 e. The van der Waals surface area contributed by atoms with Crippen LogP contribution in [-0.2, 0) is 16.0 Å². The fourth-order valence-electron chi connectivity index (χ4n) is 4.28. The zero-order valence-electron chi connectivity index (χ0n) is 18.6. The molecule has 1 amide bonds. The van der Waals surface area contributed by atoms with Gasteiger partial charge in [0.25, 0.3) is 5.91 Å². The van der Waals surface area contributed by atoms with Crippen LogP contribution in [0.4, 0.5) is 0 Å². The molecule has 0 bridgehead atoms. The number of nitrogens with one attached hydrogen (secondary N) is 1. The number of aliphatic hydroxyl groups is 1. The molecule has 0 spiro atoms. The Bertz CT molecular complexity index is 920. The van der Waals surface area contributed by atoms with Gasteiger partial charge in [0, 0.05) is 24.5 Å². The van der Waals surface area contributed by atoms with E-state index in [9.17, 15) is 19.8 Å². The Morgan fingerprint density at radius 2 is 1.90 bits per heavy atom. The molecule has 1 atom stereocenters. The first-order valence-electron chi connectivity index (χ1n) is 10.6. The Balaban J connectivity index is 2.45. The Labute approximate surface area is 184 Å². The summed E-state index contributed by atoms with van der Waals surface area (Å²) in [5, 5.41) is 32.1. The summed E-state index contributed by atoms with van der Waals surface area (Å²) in [6, 6.07) is 5.15. The van der Waals surface area contributed by atoms with Crippen molar-refractivity contribution in [2.75, 3.05) is 6.54 Å². The lowest BCUT2D eigenvalue weighted by atomic mass is 9.72. The molecule has 4 N–H and O–H groups in total. The number of benzene rings is 1. The summed E-state index contributed by atoms with van der Waals surface area (Å²) in [5.41, 5.74) is 3.44. The molecule has 0 saturated carbocycles. The van der Waals surface area contributed by atoms with Gasteiger partial charge in [0.15, 0.2) is 0 Å². The van der Waals surface area contributed by atoms with Gasteiger partial charge in [-0.1, -0.05) is 26.1 Å². The summed E-state index contributed by atoms with van der Waals surface area (Å²) in [6.07, 6.45) is 2.18. The second-order valence-corrected chi connectivity index (χ2v) is 8.57. The van der Waals surface area contributed by atoms with E-state index in [0.717, 1.165) is 27.8 Å². The predicted octanol–water partition coefficient (Wildman–Crippen LogP) is 3.98. The fourth-order valence-corrected chi connectivity index (χ4v) is 4.28. The lowest BCUT2D eigenvalue weighted by Gasteiger charge is -2.35. The minimum atomic E-state index is -1.00. The summed E-state index contributed by atoms with van der Waals surface area (Å²) in [4.78, 5) is 23.4. The number of hydrogen-bond donors (Lipinski definition) is 4. The van der Waals surface area contributed by atoms with E-state index in [1.54, 1.807) is 26.0 Å². The molecule has 0 saturated heterocycles. The SMILES string of the molecule is C=C(C(=O)NCCCC(=O)O)C1=C(C(=C)C(CC)C(C)(C)O)c2ccc(O)cc2CC1. The van der Waals surface area contributed by atoms with Crippen LogP contribution in [0.15, 0.2) is 48.1 Å². The van der Waals surface area contributed by atoms with Crippen LogP contribution in [0.25, 0.3) is 5.57 Å². The maximum atomic E-state index is 12.7. The number of phenolic OH excluding ortho intramolecular Hbond substituents is 1. The second kappa shape index (κ2) is 9.96. The number of carboxylic acid groups (broad SMARTS) is 1. The number of phenols is 1. The molecule has 6 nitrogen and oxygen atoms in total. The molecule has 1 aliphatic rings. The van der Waals surface area contributed by atoms with Crippen LogP contribution in [0.5, 0.6) is 5.75 Å². The Morgan fingerprint density at radius 1 is 1.23 bits per heavy atom. The average molecular weight is 428 g/mol. The van der Waals surface area contributed by atoms with Crippen molar-refractivity contribution in [1.82, 2.24) is 5.32 Å². The van der Waals surface area contributed by atoms with Crippen LogP contribution < -0.4 is 5.32 Å². The highest BCUT2D eigenvalue weighted by Gasteiger charge is 2.33. The molecule has 0 heterocycles. The van der Waals surface area contributed by atoms with Crippen molar-refractivity contribution in [3.8, 4) is 5.75 Å². The summed E-state index contributed by atoms with van der Waals surface area (Å²) in [5.74, 6) is -1.30. The molecule has 31 heavy (non-hydrogen) atoms. The number of amides is 1. The fraction of sp³-hybridized carbons (Fsp3) is 0.440. The Hall–Kier alpha value is -2.86.